The summed E-state index contributed by atoms with van der Waals surface area (Å²) in [6.45, 7) is 1.46. The molecule has 1 aromatic carbocycles. The van der Waals surface area contributed by atoms with Gasteiger partial charge in [0.05, 0.1) is 23.6 Å². The van der Waals surface area contributed by atoms with E-state index >= 15 is 0 Å². The van der Waals surface area contributed by atoms with E-state index in [0.717, 1.165) is 6.07 Å². The van der Waals surface area contributed by atoms with Gasteiger partial charge in [-0.2, -0.15) is 13.2 Å². The Morgan fingerprint density at radius 1 is 1.29 bits per heavy atom. The normalized spacial score (nSPS) is 19.6. The average molecular weight is 299 g/mol. The first kappa shape index (κ1) is 14.2. The zero-order chi connectivity index (χ0) is 15.2. The first-order valence-electron chi connectivity index (χ1n) is 6.83. The minimum Gasteiger partial charge on any atom is -0.370 e. The second kappa shape index (κ2) is 4.91. The van der Waals surface area contributed by atoms with Crippen LogP contribution in [0.5, 0.6) is 0 Å². The molecule has 0 atom stereocenters. The van der Waals surface area contributed by atoms with Gasteiger partial charge in [0, 0.05) is 19.5 Å². The molecule has 0 spiro atoms. The summed E-state index contributed by atoms with van der Waals surface area (Å²) in [6, 6.07) is 2.25. The topological polar surface area (TPSA) is 35.6 Å². The number of alkyl halides is 3. The molecule has 21 heavy (non-hydrogen) atoms. The fourth-order valence-electron chi connectivity index (χ4n) is 2.85. The SMILES string of the molecule is CN1CNc2c(cc(C(F)(F)F)cc2N2CCCC2=O)C1. The summed E-state index contributed by atoms with van der Waals surface area (Å²) in [6.07, 6.45) is -3.34. The van der Waals surface area contributed by atoms with E-state index in [9.17, 15) is 18.0 Å². The third-order valence-electron chi connectivity index (χ3n) is 3.86. The number of hydrogen-bond acceptors (Lipinski definition) is 3. The molecule has 4 nitrogen and oxygen atoms in total. The van der Waals surface area contributed by atoms with E-state index in [1.54, 1.807) is 0 Å². The summed E-state index contributed by atoms with van der Waals surface area (Å²) in [5.74, 6) is -0.114. The molecular formula is C14H16F3N3O. The van der Waals surface area contributed by atoms with Gasteiger partial charge in [0.1, 0.15) is 0 Å². The first-order valence-corrected chi connectivity index (χ1v) is 6.83. The van der Waals surface area contributed by atoms with E-state index in [0.29, 0.717) is 49.5 Å². The maximum atomic E-state index is 13.1. The highest BCUT2D eigenvalue weighted by atomic mass is 19.4. The number of halogens is 3. The van der Waals surface area contributed by atoms with Crippen LogP contribution in [0.2, 0.25) is 0 Å². The number of anilines is 2. The highest BCUT2D eigenvalue weighted by Crippen LogP contribution is 2.40. The molecule has 0 saturated carbocycles. The lowest BCUT2D eigenvalue weighted by Gasteiger charge is -2.31. The van der Waals surface area contributed by atoms with Crippen LogP contribution in [0.4, 0.5) is 24.5 Å². The summed E-state index contributed by atoms with van der Waals surface area (Å²) >= 11 is 0. The Hall–Kier alpha value is -1.76. The lowest BCUT2D eigenvalue weighted by molar-refractivity contribution is -0.137. The lowest BCUT2D eigenvalue weighted by atomic mass is 10.0. The number of carbonyl (C=O) groups is 1. The Morgan fingerprint density at radius 3 is 2.67 bits per heavy atom. The van der Waals surface area contributed by atoms with Gasteiger partial charge in [0.15, 0.2) is 0 Å². The molecule has 2 heterocycles. The van der Waals surface area contributed by atoms with Crippen LogP contribution in [0.1, 0.15) is 24.0 Å². The molecule has 7 heteroatoms. The number of rotatable bonds is 1. The standard InChI is InChI=1S/C14H16F3N3O/c1-19-7-9-5-10(14(15,16)17)6-11(13(9)18-8-19)20-4-2-3-12(20)21/h5-6,18H,2-4,7-8H2,1H3. The third kappa shape index (κ3) is 2.57. The van der Waals surface area contributed by atoms with Crippen molar-refractivity contribution >= 4 is 17.3 Å². The van der Waals surface area contributed by atoms with Crippen LogP contribution >= 0.6 is 0 Å². The van der Waals surface area contributed by atoms with E-state index in [-0.39, 0.29) is 5.91 Å². The van der Waals surface area contributed by atoms with Crippen molar-refractivity contribution in [1.82, 2.24) is 4.90 Å². The van der Waals surface area contributed by atoms with Crippen LogP contribution in [0, 0.1) is 0 Å². The van der Waals surface area contributed by atoms with Crippen molar-refractivity contribution in [2.75, 3.05) is 30.5 Å². The molecule has 1 amide bonds. The van der Waals surface area contributed by atoms with Crippen LogP contribution in [-0.2, 0) is 17.5 Å². The summed E-state index contributed by atoms with van der Waals surface area (Å²) in [5.41, 5.74) is 0.883. The molecule has 3 rings (SSSR count). The smallest absolute Gasteiger partial charge is 0.370 e. The van der Waals surface area contributed by atoms with Crippen molar-refractivity contribution in [2.24, 2.45) is 0 Å². The Kier molecular flexibility index (Phi) is 3.32. The van der Waals surface area contributed by atoms with Gasteiger partial charge >= 0.3 is 6.18 Å². The Labute approximate surface area is 120 Å². The van der Waals surface area contributed by atoms with E-state index in [2.05, 4.69) is 5.32 Å². The largest absolute Gasteiger partial charge is 0.416 e. The molecule has 0 unspecified atom stereocenters. The maximum absolute atomic E-state index is 13.1. The Balaban J connectivity index is 2.12. The zero-order valence-corrected chi connectivity index (χ0v) is 11.6. The number of carbonyl (C=O) groups excluding carboxylic acids is 1. The van der Waals surface area contributed by atoms with Gasteiger partial charge in [-0.05, 0) is 31.2 Å². The number of benzene rings is 1. The molecule has 0 aliphatic carbocycles. The summed E-state index contributed by atoms with van der Waals surface area (Å²) in [4.78, 5) is 15.2. The van der Waals surface area contributed by atoms with Crippen molar-refractivity contribution in [3.63, 3.8) is 0 Å². The number of fused-ring (bicyclic) bond motifs is 1. The highest BCUT2D eigenvalue weighted by Gasteiger charge is 2.35. The van der Waals surface area contributed by atoms with Gasteiger partial charge in [-0.3, -0.25) is 9.69 Å². The molecule has 0 radical (unpaired) electrons. The second-order valence-corrected chi connectivity index (χ2v) is 5.53. The predicted molar refractivity (Wildman–Crippen MR) is 73.0 cm³/mol. The monoisotopic (exact) mass is 299 g/mol. The van der Waals surface area contributed by atoms with E-state index < -0.39 is 11.7 Å². The molecule has 1 saturated heterocycles. The first-order chi connectivity index (χ1) is 9.86. The van der Waals surface area contributed by atoms with Gasteiger partial charge in [-0.1, -0.05) is 0 Å². The van der Waals surface area contributed by atoms with Gasteiger partial charge in [0.2, 0.25) is 5.91 Å². The van der Waals surface area contributed by atoms with Crippen molar-refractivity contribution in [3.05, 3.63) is 23.3 Å². The quantitative estimate of drug-likeness (QED) is 0.866. The zero-order valence-electron chi connectivity index (χ0n) is 11.6. The summed E-state index contributed by atoms with van der Waals surface area (Å²) in [5, 5.41) is 3.12. The number of nitrogens with zero attached hydrogens (tertiary/aromatic N) is 2. The van der Waals surface area contributed by atoms with Crippen molar-refractivity contribution < 1.29 is 18.0 Å². The van der Waals surface area contributed by atoms with Crippen molar-refractivity contribution in [3.8, 4) is 0 Å². The van der Waals surface area contributed by atoms with Gasteiger partial charge < -0.3 is 10.2 Å². The van der Waals surface area contributed by atoms with Gasteiger partial charge in [-0.15, -0.1) is 0 Å². The Morgan fingerprint density at radius 2 is 2.05 bits per heavy atom. The molecule has 2 aliphatic rings. The van der Waals surface area contributed by atoms with Crippen molar-refractivity contribution in [2.45, 2.75) is 25.6 Å². The molecule has 0 bridgehead atoms. The Bertz CT molecular complexity index is 586. The minimum atomic E-state index is -4.41. The second-order valence-electron chi connectivity index (χ2n) is 5.53. The van der Waals surface area contributed by atoms with Gasteiger partial charge in [0.25, 0.3) is 0 Å². The minimum absolute atomic E-state index is 0.114. The third-order valence-corrected chi connectivity index (χ3v) is 3.86. The summed E-state index contributed by atoms with van der Waals surface area (Å²) in [7, 11) is 1.83. The number of amides is 1. The van der Waals surface area contributed by atoms with E-state index in [4.69, 9.17) is 0 Å². The van der Waals surface area contributed by atoms with E-state index in [1.165, 1.54) is 11.0 Å². The van der Waals surface area contributed by atoms with Crippen molar-refractivity contribution in [1.29, 1.82) is 0 Å². The molecule has 0 aromatic heterocycles. The predicted octanol–water partition coefficient (Wildman–Crippen LogP) is 2.65. The molecule has 1 N–H and O–H groups in total. The number of nitrogens with one attached hydrogen (secondary N) is 1. The van der Waals surface area contributed by atoms with Crippen LogP contribution in [0.15, 0.2) is 12.1 Å². The lowest BCUT2D eigenvalue weighted by Crippen LogP contribution is -2.33. The van der Waals surface area contributed by atoms with Crippen LogP contribution < -0.4 is 10.2 Å². The fourth-order valence-corrected chi connectivity index (χ4v) is 2.85. The van der Waals surface area contributed by atoms with Crippen LogP contribution in [0.25, 0.3) is 0 Å². The maximum Gasteiger partial charge on any atom is 0.416 e. The molecule has 1 aromatic rings. The molecular weight excluding hydrogens is 283 g/mol. The van der Waals surface area contributed by atoms with E-state index in [1.807, 2.05) is 11.9 Å². The van der Waals surface area contributed by atoms with Gasteiger partial charge in [-0.25, -0.2) is 0 Å². The molecule has 114 valence electrons. The summed E-state index contributed by atoms with van der Waals surface area (Å²) < 4.78 is 39.2. The molecule has 2 aliphatic heterocycles. The highest BCUT2D eigenvalue weighted by molar-refractivity contribution is 5.99. The fraction of sp³-hybridized carbons (Fsp3) is 0.500. The van der Waals surface area contributed by atoms with Crippen LogP contribution in [-0.4, -0.2) is 31.1 Å². The number of hydrogen-bond donors (Lipinski definition) is 1. The van der Waals surface area contributed by atoms with Crippen LogP contribution in [0.3, 0.4) is 0 Å². The molecule has 1 fully saturated rings. The average Bonchev–Trinajstić information content (AvgIpc) is 2.82.